The van der Waals surface area contributed by atoms with E-state index in [0.717, 1.165) is 22.7 Å². The molecule has 1 heterocycles. The minimum Gasteiger partial charge on any atom is -0.497 e. The van der Waals surface area contributed by atoms with Crippen LogP contribution in [-0.4, -0.2) is 13.0 Å². The number of para-hydroxylation sites is 2. The van der Waals surface area contributed by atoms with Crippen LogP contribution in [0.5, 0.6) is 5.75 Å². The SMILES string of the molecule is COc1ccc([C@H]2CC(=O)Nc3ccccc3N2)cc1. The molecule has 1 aliphatic rings. The summed E-state index contributed by atoms with van der Waals surface area (Å²) in [6, 6.07) is 15.5. The topological polar surface area (TPSA) is 50.4 Å². The van der Waals surface area contributed by atoms with Gasteiger partial charge in [0.05, 0.1) is 30.9 Å². The van der Waals surface area contributed by atoms with Gasteiger partial charge in [0.15, 0.2) is 0 Å². The molecule has 1 aliphatic heterocycles. The summed E-state index contributed by atoms with van der Waals surface area (Å²) in [4.78, 5) is 12.0. The highest BCUT2D eigenvalue weighted by atomic mass is 16.5. The zero-order valence-corrected chi connectivity index (χ0v) is 11.2. The van der Waals surface area contributed by atoms with Crippen molar-refractivity contribution >= 4 is 17.3 Å². The fraction of sp³-hybridized carbons (Fsp3) is 0.188. The van der Waals surface area contributed by atoms with Crippen molar-refractivity contribution in [2.75, 3.05) is 17.7 Å². The summed E-state index contributed by atoms with van der Waals surface area (Å²) in [5.74, 6) is 0.829. The molecule has 1 atom stereocenters. The number of ether oxygens (including phenoxy) is 1. The molecule has 0 aromatic heterocycles. The largest absolute Gasteiger partial charge is 0.497 e. The van der Waals surface area contributed by atoms with Gasteiger partial charge in [0.2, 0.25) is 5.91 Å². The Kier molecular flexibility index (Phi) is 3.29. The lowest BCUT2D eigenvalue weighted by molar-refractivity contribution is -0.116. The van der Waals surface area contributed by atoms with Gasteiger partial charge in [0.25, 0.3) is 0 Å². The molecular weight excluding hydrogens is 252 g/mol. The van der Waals surface area contributed by atoms with Gasteiger partial charge in [-0.15, -0.1) is 0 Å². The highest BCUT2D eigenvalue weighted by Crippen LogP contribution is 2.32. The van der Waals surface area contributed by atoms with Crippen LogP contribution >= 0.6 is 0 Å². The van der Waals surface area contributed by atoms with E-state index in [0.29, 0.717) is 6.42 Å². The number of fused-ring (bicyclic) bond motifs is 1. The number of rotatable bonds is 2. The molecule has 4 heteroatoms. The monoisotopic (exact) mass is 268 g/mol. The minimum absolute atomic E-state index is 0.0169. The van der Waals surface area contributed by atoms with Crippen LogP contribution in [0.3, 0.4) is 0 Å². The number of carbonyl (C=O) groups excluding carboxylic acids is 1. The Labute approximate surface area is 117 Å². The van der Waals surface area contributed by atoms with Gasteiger partial charge in [0, 0.05) is 0 Å². The average Bonchev–Trinajstić information content (AvgIpc) is 2.65. The van der Waals surface area contributed by atoms with Crippen LogP contribution in [-0.2, 0) is 4.79 Å². The molecule has 2 aromatic rings. The van der Waals surface area contributed by atoms with Gasteiger partial charge in [0.1, 0.15) is 5.75 Å². The summed E-state index contributed by atoms with van der Waals surface area (Å²) in [6.07, 6.45) is 0.404. The number of methoxy groups -OCH3 is 1. The van der Waals surface area contributed by atoms with Crippen LogP contribution in [0.2, 0.25) is 0 Å². The maximum absolute atomic E-state index is 12.0. The van der Waals surface area contributed by atoms with E-state index in [1.54, 1.807) is 7.11 Å². The highest BCUT2D eigenvalue weighted by Gasteiger charge is 2.21. The van der Waals surface area contributed by atoms with E-state index in [4.69, 9.17) is 4.74 Å². The van der Waals surface area contributed by atoms with Crippen molar-refractivity contribution in [2.24, 2.45) is 0 Å². The van der Waals surface area contributed by atoms with Crippen molar-refractivity contribution in [3.8, 4) is 5.75 Å². The molecule has 20 heavy (non-hydrogen) atoms. The predicted octanol–water partition coefficient (Wildman–Crippen LogP) is 3.19. The van der Waals surface area contributed by atoms with E-state index in [-0.39, 0.29) is 11.9 Å². The molecule has 0 radical (unpaired) electrons. The Morgan fingerprint density at radius 3 is 2.45 bits per heavy atom. The van der Waals surface area contributed by atoms with Crippen LogP contribution in [0.15, 0.2) is 48.5 Å². The van der Waals surface area contributed by atoms with Crippen LogP contribution in [0, 0.1) is 0 Å². The first-order chi connectivity index (χ1) is 9.76. The fourth-order valence-electron chi connectivity index (χ4n) is 2.38. The normalized spacial score (nSPS) is 17.4. The molecule has 2 aromatic carbocycles. The summed E-state index contributed by atoms with van der Waals surface area (Å²) in [7, 11) is 1.64. The molecule has 0 saturated carbocycles. The Morgan fingerprint density at radius 1 is 1.05 bits per heavy atom. The third-order valence-corrected chi connectivity index (χ3v) is 3.44. The second kappa shape index (κ2) is 5.25. The number of nitrogens with one attached hydrogen (secondary N) is 2. The number of anilines is 2. The average molecular weight is 268 g/mol. The van der Waals surface area contributed by atoms with Gasteiger partial charge in [-0.05, 0) is 29.8 Å². The van der Waals surface area contributed by atoms with Gasteiger partial charge in [-0.3, -0.25) is 4.79 Å². The molecule has 1 amide bonds. The first-order valence-corrected chi connectivity index (χ1v) is 6.55. The standard InChI is InChI=1S/C16H16N2O2/c1-20-12-8-6-11(7-9-12)15-10-16(19)18-14-5-3-2-4-13(14)17-15/h2-9,15,17H,10H2,1H3,(H,18,19)/t15-/m1/s1. The quantitative estimate of drug-likeness (QED) is 0.879. The number of hydrogen-bond donors (Lipinski definition) is 2. The molecule has 3 rings (SSSR count). The van der Waals surface area contributed by atoms with Crippen LogP contribution < -0.4 is 15.4 Å². The first kappa shape index (κ1) is 12.5. The second-order valence-corrected chi connectivity index (χ2v) is 4.77. The molecule has 0 unspecified atom stereocenters. The third-order valence-electron chi connectivity index (χ3n) is 3.44. The Bertz CT molecular complexity index is 623. The van der Waals surface area contributed by atoms with Gasteiger partial charge in [-0.2, -0.15) is 0 Å². The summed E-state index contributed by atoms with van der Waals surface area (Å²) >= 11 is 0. The fourth-order valence-corrected chi connectivity index (χ4v) is 2.38. The molecule has 0 fully saturated rings. The number of hydrogen-bond acceptors (Lipinski definition) is 3. The lowest BCUT2D eigenvalue weighted by atomic mass is 10.0. The van der Waals surface area contributed by atoms with Gasteiger partial charge < -0.3 is 15.4 Å². The first-order valence-electron chi connectivity index (χ1n) is 6.55. The van der Waals surface area contributed by atoms with E-state index >= 15 is 0 Å². The second-order valence-electron chi connectivity index (χ2n) is 4.77. The minimum atomic E-state index is -0.0374. The maximum Gasteiger partial charge on any atom is 0.226 e. The summed E-state index contributed by atoms with van der Waals surface area (Å²) in [5, 5.41) is 6.34. The van der Waals surface area contributed by atoms with E-state index < -0.39 is 0 Å². The smallest absolute Gasteiger partial charge is 0.226 e. The molecular formula is C16H16N2O2. The summed E-state index contributed by atoms with van der Waals surface area (Å²) in [5.41, 5.74) is 2.84. The Balaban J connectivity index is 1.91. The number of benzene rings is 2. The van der Waals surface area contributed by atoms with Crippen LogP contribution in [0.1, 0.15) is 18.0 Å². The van der Waals surface area contributed by atoms with Crippen molar-refractivity contribution in [3.05, 3.63) is 54.1 Å². The van der Waals surface area contributed by atoms with Crippen molar-refractivity contribution in [3.63, 3.8) is 0 Å². The van der Waals surface area contributed by atoms with E-state index in [1.807, 2.05) is 48.5 Å². The van der Waals surface area contributed by atoms with Gasteiger partial charge in [-0.25, -0.2) is 0 Å². The summed E-state index contributed by atoms with van der Waals surface area (Å²) in [6.45, 7) is 0. The lowest BCUT2D eigenvalue weighted by Gasteiger charge is -2.17. The highest BCUT2D eigenvalue weighted by molar-refractivity contribution is 5.96. The van der Waals surface area contributed by atoms with E-state index in [2.05, 4.69) is 10.6 Å². The molecule has 0 aliphatic carbocycles. The molecule has 4 nitrogen and oxygen atoms in total. The molecule has 2 N–H and O–H groups in total. The van der Waals surface area contributed by atoms with Crippen LogP contribution in [0.4, 0.5) is 11.4 Å². The maximum atomic E-state index is 12.0. The van der Waals surface area contributed by atoms with Crippen molar-refractivity contribution < 1.29 is 9.53 Å². The Morgan fingerprint density at radius 2 is 1.75 bits per heavy atom. The number of amides is 1. The van der Waals surface area contributed by atoms with E-state index in [9.17, 15) is 4.79 Å². The predicted molar refractivity (Wildman–Crippen MR) is 79.0 cm³/mol. The van der Waals surface area contributed by atoms with Gasteiger partial charge >= 0.3 is 0 Å². The molecule has 102 valence electrons. The summed E-state index contributed by atoms with van der Waals surface area (Å²) < 4.78 is 5.16. The third kappa shape index (κ3) is 2.45. The van der Waals surface area contributed by atoms with Crippen molar-refractivity contribution in [2.45, 2.75) is 12.5 Å². The van der Waals surface area contributed by atoms with Gasteiger partial charge in [-0.1, -0.05) is 24.3 Å². The van der Waals surface area contributed by atoms with Crippen LogP contribution in [0.25, 0.3) is 0 Å². The van der Waals surface area contributed by atoms with Crippen molar-refractivity contribution in [1.29, 1.82) is 0 Å². The Hall–Kier alpha value is -2.49. The zero-order valence-electron chi connectivity index (χ0n) is 11.2. The molecule has 0 saturated heterocycles. The lowest BCUT2D eigenvalue weighted by Crippen LogP contribution is -2.15. The molecule has 0 spiro atoms. The van der Waals surface area contributed by atoms with E-state index in [1.165, 1.54) is 0 Å². The number of carbonyl (C=O) groups is 1. The zero-order chi connectivity index (χ0) is 13.9. The molecule has 0 bridgehead atoms. The van der Waals surface area contributed by atoms with Crippen molar-refractivity contribution in [1.82, 2.24) is 0 Å².